The largest absolute Gasteiger partial charge is 0.491 e. The summed E-state index contributed by atoms with van der Waals surface area (Å²) in [5.74, 6) is 1.78. The average molecular weight is 274 g/mol. The van der Waals surface area contributed by atoms with Gasteiger partial charge >= 0.3 is 0 Å². The number of nitrogens with zero attached hydrogens (tertiary/aromatic N) is 3. The lowest BCUT2D eigenvalue weighted by molar-refractivity contribution is 0.190. The lowest BCUT2D eigenvalue weighted by atomic mass is 10.3. The Morgan fingerprint density at radius 2 is 2.10 bits per heavy atom. The Hall–Kier alpha value is -2.21. The summed E-state index contributed by atoms with van der Waals surface area (Å²) in [7, 11) is 3.25. The van der Waals surface area contributed by atoms with E-state index < -0.39 is 0 Å². The molecule has 2 aromatic heterocycles. The van der Waals surface area contributed by atoms with Gasteiger partial charge in [-0.2, -0.15) is 0 Å². The highest BCUT2D eigenvalue weighted by atomic mass is 16.5. The van der Waals surface area contributed by atoms with Crippen molar-refractivity contribution >= 4 is 5.82 Å². The molecule has 1 N–H and O–H groups in total. The molecule has 0 fully saturated rings. The molecular formula is C14H18N4O2. The van der Waals surface area contributed by atoms with Crippen LogP contribution in [0, 0.1) is 0 Å². The van der Waals surface area contributed by atoms with Crippen molar-refractivity contribution in [1.82, 2.24) is 15.0 Å². The fourth-order valence-electron chi connectivity index (χ4n) is 1.77. The summed E-state index contributed by atoms with van der Waals surface area (Å²) in [6.45, 7) is 2.58. The van der Waals surface area contributed by atoms with E-state index in [0.717, 1.165) is 5.69 Å². The van der Waals surface area contributed by atoms with Gasteiger partial charge < -0.3 is 14.8 Å². The Morgan fingerprint density at radius 3 is 2.75 bits per heavy atom. The molecule has 0 saturated heterocycles. The van der Waals surface area contributed by atoms with Gasteiger partial charge in [-0.3, -0.25) is 4.98 Å². The summed E-state index contributed by atoms with van der Waals surface area (Å²) in [5.41, 5.74) is 0.720. The van der Waals surface area contributed by atoms with Crippen LogP contribution in [0.1, 0.15) is 6.92 Å². The van der Waals surface area contributed by atoms with E-state index in [-0.39, 0.29) is 6.04 Å². The second-order valence-corrected chi connectivity index (χ2v) is 4.33. The van der Waals surface area contributed by atoms with Gasteiger partial charge in [0.2, 0.25) is 0 Å². The van der Waals surface area contributed by atoms with Gasteiger partial charge in [-0.1, -0.05) is 6.07 Å². The molecule has 0 aliphatic rings. The van der Waals surface area contributed by atoms with Gasteiger partial charge in [0.15, 0.2) is 17.4 Å². The first kappa shape index (κ1) is 14.2. The number of methoxy groups -OCH3 is 2. The molecule has 106 valence electrons. The maximum atomic E-state index is 5.27. The van der Waals surface area contributed by atoms with Crippen molar-refractivity contribution in [3.05, 3.63) is 30.6 Å². The molecule has 0 aliphatic carbocycles. The zero-order valence-corrected chi connectivity index (χ0v) is 11.8. The van der Waals surface area contributed by atoms with E-state index in [0.29, 0.717) is 24.0 Å². The quantitative estimate of drug-likeness (QED) is 0.868. The molecule has 2 rings (SSSR count). The van der Waals surface area contributed by atoms with Gasteiger partial charge in [0.25, 0.3) is 0 Å². The molecule has 0 spiro atoms. The molecule has 6 nitrogen and oxygen atoms in total. The van der Waals surface area contributed by atoms with E-state index in [9.17, 15) is 0 Å². The fraction of sp³-hybridized carbons (Fsp3) is 0.357. The zero-order chi connectivity index (χ0) is 14.4. The van der Waals surface area contributed by atoms with Gasteiger partial charge in [0.05, 0.1) is 19.9 Å². The first-order valence-electron chi connectivity index (χ1n) is 6.32. The molecule has 20 heavy (non-hydrogen) atoms. The predicted octanol–water partition coefficient (Wildman–Crippen LogP) is 1.99. The van der Waals surface area contributed by atoms with Crippen LogP contribution in [0.15, 0.2) is 30.6 Å². The lowest BCUT2D eigenvalue weighted by Crippen LogP contribution is -2.22. The molecule has 0 aromatic carbocycles. The number of nitrogens with one attached hydrogen (secondary N) is 1. The smallest absolute Gasteiger partial charge is 0.180 e. The van der Waals surface area contributed by atoms with Crippen molar-refractivity contribution in [2.45, 2.75) is 13.0 Å². The molecule has 1 unspecified atom stereocenters. The van der Waals surface area contributed by atoms with Gasteiger partial charge in [0, 0.05) is 19.3 Å². The predicted molar refractivity (Wildman–Crippen MR) is 76.8 cm³/mol. The van der Waals surface area contributed by atoms with Gasteiger partial charge in [-0.25, -0.2) is 9.97 Å². The van der Waals surface area contributed by atoms with Crippen LogP contribution in [0.4, 0.5) is 5.82 Å². The number of aromatic nitrogens is 3. The molecule has 2 aromatic rings. The Balaban J connectivity index is 2.29. The molecule has 1 atom stereocenters. The summed E-state index contributed by atoms with van der Waals surface area (Å²) >= 11 is 0. The average Bonchev–Trinajstić information content (AvgIpc) is 2.48. The molecule has 6 heteroatoms. The van der Waals surface area contributed by atoms with Crippen molar-refractivity contribution < 1.29 is 9.47 Å². The second kappa shape index (κ2) is 6.81. The third-order valence-electron chi connectivity index (χ3n) is 2.67. The standard InChI is InChI=1S/C14H18N4O2/c1-10(9-19-2)17-14-12(20-3)8-16-13(18-14)11-6-4-5-7-15-11/h4-8,10H,9H2,1-3H3,(H,16,17,18). The van der Waals surface area contributed by atoms with E-state index in [2.05, 4.69) is 20.3 Å². The summed E-state index contributed by atoms with van der Waals surface area (Å²) < 4.78 is 10.4. The van der Waals surface area contributed by atoms with Crippen molar-refractivity contribution in [1.29, 1.82) is 0 Å². The van der Waals surface area contributed by atoms with E-state index in [1.54, 1.807) is 26.6 Å². The van der Waals surface area contributed by atoms with Crippen LogP contribution in [0.2, 0.25) is 0 Å². The van der Waals surface area contributed by atoms with Crippen LogP contribution in [0.25, 0.3) is 11.5 Å². The molecular weight excluding hydrogens is 256 g/mol. The number of hydrogen-bond donors (Lipinski definition) is 1. The second-order valence-electron chi connectivity index (χ2n) is 4.33. The number of pyridine rings is 1. The summed E-state index contributed by atoms with van der Waals surface area (Å²) in [4.78, 5) is 13.0. The van der Waals surface area contributed by atoms with E-state index in [1.165, 1.54) is 0 Å². The van der Waals surface area contributed by atoms with Crippen LogP contribution < -0.4 is 10.1 Å². The van der Waals surface area contributed by atoms with E-state index >= 15 is 0 Å². The normalized spacial score (nSPS) is 11.9. The maximum Gasteiger partial charge on any atom is 0.180 e. The van der Waals surface area contributed by atoms with Gasteiger partial charge in [-0.15, -0.1) is 0 Å². The van der Waals surface area contributed by atoms with Crippen LogP contribution in [-0.2, 0) is 4.74 Å². The first-order chi connectivity index (χ1) is 9.74. The van der Waals surface area contributed by atoms with Crippen LogP contribution >= 0.6 is 0 Å². The summed E-state index contributed by atoms with van der Waals surface area (Å²) in [5, 5.41) is 3.24. The van der Waals surface area contributed by atoms with E-state index in [4.69, 9.17) is 9.47 Å². The van der Waals surface area contributed by atoms with Crippen LogP contribution in [0.3, 0.4) is 0 Å². The number of rotatable bonds is 6. The molecule has 0 bridgehead atoms. The highest BCUT2D eigenvalue weighted by Crippen LogP contribution is 2.24. The Morgan fingerprint density at radius 1 is 1.25 bits per heavy atom. The number of anilines is 1. The third-order valence-corrected chi connectivity index (χ3v) is 2.67. The molecule has 0 radical (unpaired) electrons. The monoisotopic (exact) mass is 274 g/mol. The molecule has 0 saturated carbocycles. The third kappa shape index (κ3) is 3.42. The van der Waals surface area contributed by atoms with Crippen molar-refractivity contribution in [3.63, 3.8) is 0 Å². The van der Waals surface area contributed by atoms with Crippen molar-refractivity contribution in [3.8, 4) is 17.3 Å². The molecule has 2 heterocycles. The minimum Gasteiger partial charge on any atom is -0.491 e. The van der Waals surface area contributed by atoms with Crippen LogP contribution in [0.5, 0.6) is 5.75 Å². The number of hydrogen-bond acceptors (Lipinski definition) is 6. The molecule has 0 amide bonds. The summed E-state index contributed by atoms with van der Waals surface area (Å²) in [6.07, 6.45) is 3.35. The molecule has 0 aliphatic heterocycles. The highest BCUT2D eigenvalue weighted by Gasteiger charge is 2.12. The Labute approximate surface area is 118 Å². The SMILES string of the molecule is COCC(C)Nc1nc(-c2ccccn2)ncc1OC. The zero-order valence-electron chi connectivity index (χ0n) is 11.8. The Kier molecular flexibility index (Phi) is 4.84. The van der Waals surface area contributed by atoms with Crippen molar-refractivity contribution in [2.75, 3.05) is 26.1 Å². The number of ether oxygens (including phenoxy) is 2. The van der Waals surface area contributed by atoms with Crippen LogP contribution in [-0.4, -0.2) is 41.8 Å². The van der Waals surface area contributed by atoms with Gasteiger partial charge in [-0.05, 0) is 19.1 Å². The highest BCUT2D eigenvalue weighted by molar-refractivity contribution is 5.57. The van der Waals surface area contributed by atoms with Gasteiger partial charge in [0.1, 0.15) is 5.69 Å². The first-order valence-corrected chi connectivity index (χ1v) is 6.32. The fourth-order valence-corrected chi connectivity index (χ4v) is 1.77. The van der Waals surface area contributed by atoms with E-state index in [1.807, 2.05) is 25.1 Å². The minimum absolute atomic E-state index is 0.111. The maximum absolute atomic E-state index is 5.27. The summed E-state index contributed by atoms with van der Waals surface area (Å²) in [6, 6.07) is 5.73. The lowest BCUT2D eigenvalue weighted by Gasteiger charge is -2.16. The van der Waals surface area contributed by atoms with Crippen molar-refractivity contribution in [2.24, 2.45) is 0 Å². The Bertz CT molecular complexity index is 548. The topological polar surface area (TPSA) is 69.2 Å². The minimum atomic E-state index is 0.111.